The van der Waals surface area contributed by atoms with Crippen LogP contribution in [-0.4, -0.2) is 19.8 Å². The van der Waals surface area contributed by atoms with Gasteiger partial charge in [0.05, 0.1) is 6.10 Å². The fraction of sp³-hybridized carbons (Fsp3) is 0.571. The molecule has 0 heterocycles. The first-order valence-electron chi connectivity index (χ1n) is 6.30. The minimum atomic E-state index is -0.796. The molecule has 18 heavy (non-hydrogen) atoms. The van der Waals surface area contributed by atoms with E-state index in [0.29, 0.717) is 18.5 Å². The van der Waals surface area contributed by atoms with Gasteiger partial charge < -0.3 is 10.1 Å². The van der Waals surface area contributed by atoms with E-state index in [2.05, 4.69) is 5.32 Å². The van der Waals surface area contributed by atoms with Crippen LogP contribution in [0.4, 0.5) is 8.78 Å². The molecule has 0 radical (unpaired) electrons. The van der Waals surface area contributed by atoms with Crippen LogP contribution in [0.1, 0.15) is 38.3 Å². The summed E-state index contributed by atoms with van der Waals surface area (Å²) in [5.41, 5.74) is 0.389. The van der Waals surface area contributed by atoms with Crippen molar-refractivity contribution in [3.05, 3.63) is 35.4 Å². The number of hydrogen-bond donors (Lipinski definition) is 1. The summed E-state index contributed by atoms with van der Waals surface area (Å²) in [6, 6.07) is 4.13. The molecule has 1 rings (SSSR count). The number of hydrogen-bond acceptors (Lipinski definition) is 2. The first-order valence-corrected chi connectivity index (χ1v) is 6.30. The normalized spacial score (nSPS) is 14.5. The molecule has 2 unspecified atom stereocenters. The Labute approximate surface area is 107 Å². The molecular weight excluding hydrogens is 236 g/mol. The average molecular weight is 257 g/mol. The molecule has 0 saturated heterocycles. The number of halogens is 2. The van der Waals surface area contributed by atoms with E-state index in [1.54, 1.807) is 13.2 Å². The van der Waals surface area contributed by atoms with Crippen LogP contribution in [0.15, 0.2) is 18.2 Å². The summed E-state index contributed by atoms with van der Waals surface area (Å²) in [7, 11) is 1.65. The van der Waals surface area contributed by atoms with Gasteiger partial charge in [-0.25, -0.2) is 8.78 Å². The second kappa shape index (κ2) is 7.44. The van der Waals surface area contributed by atoms with E-state index >= 15 is 0 Å². The Morgan fingerprint density at radius 1 is 1.28 bits per heavy atom. The van der Waals surface area contributed by atoms with Crippen LogP contribution in [0.3, 0.4) is 0 Å². The Balaban J connectivity index is 2.80. The summed E-state index contributed by atoms with van der Waals surface area (Å²) in [5.74, 6) is -1.55. The lowest BCUT2D eigenvalue weighted by molar-refractivity contribution is 0.106. The van der Waals surface area contributed by atoms with Crippen LogP contribution >= 0.6 is 0 Å². The molecule has 1 N–H and O–H groups in total. The van der Waals surface area contributed by atoms with Crippen LogP contribution in [0.2, 0.25) is 0 Å². The lowest BCUT2D eigenvalue weighted by Gasteiger charge is -2.20. The molecule has 1 aromatic carbocycles. The largest absolute Gasteiger partial charge is 0.382 e. The van der Waals surface area contributed by atoms with Crippen molar-refractivity contribution in [2.75, 3.05) is 13.7 Å². The van der Waals surface area contributed by atoms with Gasteiger partial charge in [0.15, 0.2) is 11.6 Å². The van der Waals surface area contributed by atoms with Gasteiger partial charge in [0.1, 0.15) is 0 Å². The highest BCUT2D eigenvalue weighted by molar-refractivity contribution is 5.22. The molecule has 1 aromatic rings. The van der Waals surface area contributed by atoms with E-state index in [1.165, 1.54) is 6.07 Å². The van der Waals surface area contributed by atoms with Crippen LogP contribution in [-0.2, 0) is 4.74 Å². The monoisotopic (exact) mass is 257 g/mol. The van der Waals surface area contributed by atoms with Gasteiger partial charge >= 0.3 is 0 Å². The molecule has 0 amide bonds. The van der Waals surface area contributed by atoms with Gasteiger partial charge in [0.2, 0.25) is 0 Å². The topological polar surface area (TPSA) is 21.3 Å². The third-order valence-electron chi connectivity index (χ3n) is 3.07. The molecular formula is C14H21F2NO. The van der Waals surface area contributed by atoms with E-state index in [4.69, 9.17) is 4.74 Å². The van der Waals surface area contributed by atoms with Crippen molar-refractivity contribution in [1.29, 1.82) is 0 Å². The minimum Gasteiger partial charge on any atom is -0.382 e. The summed E-state index contributed by atoms with van der Waals surface area (Å²) in [4.78, 5) is 0. The van der Waals surface area contributed by atoms with Crippen molar-refractivity contribution in [2.24, 2.45) is 0 Å². The average Bonchev–Trinajstić information content (AvgIpc) is 2.37. The molecule has 0 saturated carbocycles. The van der Waals surface area contributed by atoms with E-state index < -0.39 is 11.6 Å². The highest BCUT2D eigenvalue weighted by Crippen LogP contribution is 2.24. The molecule has 2 nitrogen and oxygen atoms in total. The smallest absolute Gasteiger partial charge is 0.163 e. The first kappa shape index (κ1) is 15.1. The van der Waals surface area contributed by atoms with Gasteiger partial charge in [0.25, 0.3) is 0 Å². The summed E-state index contributed by atoms with van der Waals surface area (Å²) >= 11 is 0. The maximum atomic E-state index is 13.7. The number of nitrogens with one attached hydrogen (secondary N) is 1. The first-order chi connectivity index (χ1) is 8.60. The number of ether oxygens (including phenoxy) is 1. The van der Waals surface area contributed by atoms with Gasteiger partial charge in [-0.1, -0.05) is 19.1 Å². The SMILES string of the molecule is CCNC(CCC(C)OC)c1cccc(F)c1F. The van der Waals surface area contributed by atoms with E-state index in [1.807, 2.05) is 13.8 Å². The zero-order valence-corrected chi connectivity index (χ0v) is 11.2. The molecule has 4 heteroatoms. The van der Waals surface area contributed by atoms with Gasteiger partial charge in [-0.15, -0.1) is 0 Å². The predicted octanol–water partition coefficient (Wildman–Crippen LogP) is 3.43. The number of methoxy groups -OCH3 is 1. The molecule has 0 aliphatic heterocycles. The summed E-state index contributed by atoms with van der Waals surface area (Å²) in [6.07, 6.45) is 1.62. The third-order valence-corrected chi connectivity index (χ3v) is 3.07. The fourth-order valence-electron chi connectivity index (χ4n) is 1.92. The highest BCUT2D eigenvalue weighted by Gasteiger charge is 2.18. The zero-order chi connectivity index (χ0) is 13.5. The van der Waals surface area contributed by atoms with E-state index in [9.17, 15) is 8.78 Å². The van der Waals surface area contributed by atoms with E-state index in [-0.39, 0.29) is 12.1 Å². The Morgan fingerprint density at radius 3 is 2.61 bits per heavy atom. The molecule has 0 fully saturated rings. The lowest BCUT2D eigenvalue weighted by Crippen LogP contribution is -2.23. The van der Waals surface area contributed by atoms with E-state index in [0.717, 1.165) is 12.5 Å². The predicted molar refractivity (Wildman–Crippen MR) is 68.5 cm³/mol. The van der Waals surface area contributed by atoms with Crippen molar-refractivity contribution in [2.45, 2.75) is 38.8 Å². The van der Waals surface area contributed by atoms with Crippen molar-refractivity contribution in [3.8, 4) is 0 Å². The van der Waals surface area contributed by atoms with Crippen molar-refractivity contribution >= 4 is 0 Å². The van der Waals surface area contributed by atoms with Crippen molar-refractivity contribution in [3.63, 3.8) is 0 Å². The summed E-state index contributed by atoms with van der Waals surface area (Å²) in [6.45, 7) is 4.62. The second-order valence-corrected chi connectivity index (χ2v) is 4.38. The van der Waals surface area contributed by atoms with Crippen LogP contribution in [0, 0.1) is 11.6 Å². The summed E-state index contributed by atoms with van der Waals surface area (Å²) in [5, 5.41) is 3.18. The summed E-state index contributed by atoms with van der Waals surface area (Å²) < 4.78 is 32.1. The number of rotatable bonds is 7. The number of benzene rings is 1. The van der Waals surface area contributed by atoms with Crippen molar-refractivity contribution in [1.82, 2.24) is 5.32 Å². The van der Waals surface area contributed by atoms with Crippen LogP contribution in [0.25, 0.3) is 0 Å². The quantitative estimate of drug-likeness (QED) is 0.808. The Morgan fingerprint density at radius 2 is 2.00 bits per heavy atom. The standard InChI is InChI=1S/C14H21F2NO/c1-4-17-13(9-8-10(2)18-3)11-6-5-7-12(15)14(11)16/h5-7,10,13,17H,4,8-9H2,1-3H3. The Hall–Kier alpha value is -1.00. The van der Waals surface area contributed by atoms with Gasteiger partial charge in [-0.2, -0.15) is 0 Å². The molecule has 0 aromatic heterocycles. The molecule has 2 atom stereocenters. The van der Waals surface area contributed by atoms with Crippen molar-refractivity contribution < 1.29 is 13.5 Å². The van der Waals surface area contributed by atoms with Gasteiger partial charge in [-0.3, -0.25) is 0 Å². The molecule has 0 aliphatic rings. The maximum absolute atomic E-state index is 13.7. The second-order valence-electron chi connectivity index (χ2n) is 4.38. The Kier molecular flexibility index (Phi) is 6.22. The zero-order valence-electron chi connectivity index (χ0n) is 11.2. The third kappa shape index (κ3) is 4.03. The highest BCUT2D eigenvalue weighted by atomic mass is 19.2. The van der Waals surface area contributed by atoms with Gasteiger partial charge in [-0.05, 0) is 32.4 Å². The lowest BCUT2D eigenvalue weighted by atomic mass is 9.99. The minimum absolute atomic E-state index is 0.114. The maximum Gasteiger partial charge on any atom is 0.163 e. The molecule has 0 bridgehead atoms. The Bertz CT molecular complexity index is 371. The molecule has 0 spiro atoms. The van der Waals surface area contributed by atoms with Crippen LogP contribution < -0.4 is 5.32 Å². The fourth-order valence-corrected chi connectivity index (χ4v) is 1.92. The van der Waals surface area contributed by atoms with Gasteiger partial charge in [0, 0.05) is 18.7 Å². The molecule has 0 aliphatic carbocycles. The molecule has 102 valence electrons. The van der Waals surface area contributed by atoms with Crippen LogP contribution in [0.5, 0.6) is 0 Å².